The molecule has 5 heteroatoms. The lowest BCUT2D eigenvalue weighted by atomic mass is 10.00. The molecule has 1 aliphatic heterocycles. The molecule has 2 fully saturated rings. The van der Waals surface area contributed by atoms with E-state index in [9.17, 15) is 9.59 Å². The van der Waals surface area contributed by atoms with Crippen LogP contribution in [0.1, 0.15) is 32.1 Å². The quantitative estimate of drug-likeness (QED) is 0.584. The van der Waals surface area contributed by atoms with Crippen LogP contribution < -0.4 is 5.73 Å². The third-order valence-corrected chi connectivity index (χ3v) is 3.69. The summed E-state index contributed by atoms with van der Waals surface area (Å²) in [7, 11) is 0. The van der Waals surface area contributed by atoms with Crippen molar-refractivity contribution < 1.29 is 9.59 Å². The standard InChI is InChI=1S/C11H16N2O2S/c12-9(16)5-2-6-13-10(14)7-3-1-4-8(7)11(13)15/h7-8H,1-6H2,(H2,12,16). The van der Waals surface area contributed by atoms with E-state index >= 15 is 0 Å². The van der Waals surface area contributed by atoms with Crippen LogP contribution in [-0.4, -0.2) is 28.2 Å². The summed E-state index contributed by atoms with van der Waals surface area (Å²) in [5.41, 5.74) is 5.38. The molecule has 2 aliphatic rings. The zero-order valence-corrected chi connectivity index (χ0v) is 9.96. The molecule has 2 rings (SSSR count). The Morgan fingerprint density at radius 3 is 2.38 bits per heavy atom. The molecular weight excluding hydrogens is 224 g/mol. The Morgan fingerprint density at radius 1 is 1.31 bits per heavy atom. The first-order valence-electron chi connectivity index (χ1n) is 5.75. The van der Waals surface area contributed by atoms with Gasteiger partial charge in [-0.05, 0) is 25.7 Å². The Labute approximate surface area is 100 Å². The van der Waals surface area contributed by atoms with Gasteiger partial charge in [0.15, 0.2) is 0 Å². The molecule has 1 aliphatic carbocycles. The van der Waals surface area contributed by atoms with Gasteiger partial charge in [-0.3, -0.25) is 14.5 Å². The van der Waals surface area contributed by atoms with Crippen molar-refractivity contribution in [2.45, 2.75) is 32.1 Å². The number of nitrogens with zero attached hydrogens (tertiary/aromatic N) is 1. The maximum Gasteiger partial charge on any atom is 0.233 e. The number of carbonyl (C=O) groups is 2. The first-order valence-corrected chi connectivity index (χ1v) is 6.15. The number of hydrogen-bond donors (Lipinski definition) is 1. The number of imide groups is 1. The summed E-state index contributed by atoms with van der Waals surface area (Å²) in [5.74, 6) is -0.0134. The predicted molar refractivity (Wildman–Crippen MR) is 63.6 cm³/mol. The molecule has 0 bridgehead atoms. The Bertz CT molecular complexity index is 321. The number of fused-ring (bicyclic) bond motifs is 1. The largest absolute Gasteiger partial charge is 0.393 e. The molecule has 0 spiro atoms. The average Bonchev–Trinajstić information content (AvgIpc) is 2.77. The van der Waals surface area contributed by atoms with Crippen LogP contribution in [0.2, 0.25) is 0 Å². The zero-order valence-electron chi connectivity index (χ0n) is 9.15. The smallest absolute Gasteiger partial charge is 0.233 e. The molecule has 2 amide bonds. The molecule has 2 unspecified atom stereocenters. The van der Waals surface area contributed by atoms with Crippen LogP contribution in [0.5, 0.6) is 0 Å². The van der Waals surface area contributed by atoms with Crippen LogP contribution in [0.4, 0.5) is 0 Å². The summed E-state index contributed by atoms with van der Waals surface area (Å²) in [6.07, 6.45) is 4.05. The third-order valence-electron chi connectivity index (χ3n) is 3.49. The fourth-order valence-electron chi connectivity index (χ4n) is 2.69. The number of likely N-dealkylation sites (tertiary alicyclic amines) is 1. The van der Waals surface area contributed by atoms with Crippen LogP contribution in [-0.2, 0) is 9.59 Å². The van der Waals surface area contributed by atoms with Gasteiger partial charge in [-0.2, -0.15) is 0 Å². The second kappa shape index (κ2) is 4.49. The number of carbonyl (C=O) groups excluding carboxylic acids is 2. The Morgan fingerprint density at radius 2 is 1.88 bits per heavy atom. The van der Waals surface area contributed by atoms with Crippen molar-refractivity contribution in [3.63, 3.8) is 0 Å². The SMILES string of the molecule is NC(=S)CCCN1C(=O)C2CCCC2C1=O. The van der Waals surface area contributed by atoms with E-state index in [1.54, 1.807) is 0 Å². The molecule has 1 saturated carbocycles. The van der Waals surface area contributed by atoms with Gasteiger partial charge < -0.3 is 5.73 Å². The molecule has 0 aromatic rings. The minimum Gasteiger partial charge on any atom is -0.393 e. The molecular formula is C11H16N2O2S. The average molecular weight is 240 g/mol. The van der Waals surface area contributed by atoms with Gasteiger partial charge in [0.2, 0.25) is 11.8 Å². The first-order chi connectivity index (χ1) is 7.61. The third kappa shape index (κ3) is 1.96. The first kappa shape index (κ1) is 11.5. The van der Waals surface area contributed by atoms with E-state index in [1.165, 1.54) is 4.90 Å². The normalized spacial score (nSPS) is 28.6. The van der Waals surface area contributed by atoms with Crippen molar-refractivity contribution in [1.82, 2.24) is 4.90 Å². The topological polar surface area (TPSA) is 63.4 Å². The van der Waals surface area contributed by atoms with Gasteiger partial charge in [0.25, 0.3) is 0 Å². The Hall–Kier alpha value is -0.970. The fraction of sp³-hybridized carbons (Fsp3) is 0.727. The number of thiocarbonyl (C=S) groups is 1. The molecule has 88 valence electrons. The summed E-state index contributed by atoms with van der Waals surface area (Å²) < 4.78 is 0. The molecule has 1 heterocycles. The maximum absolute atomic E-state index is 11.9. The second-order valence-corrected chi connectivity index (χ2v) is 5.07. The zero-order chi connectivity index (χ0) is 11.7. The van der Waals surface area contributed by atoms with Crippen LogP contribution in [0.25, 0.3) is 0 Å². The lowest BCUT2D eigenvalue weighted by Crippen LogP contribution is -2.33. The van der Waals surface area contributed by atoms with Gasteiger partial charge in [-0.25, -0.2) is 0 Å². The fourth-order valence-corrected chi connectivity index (χ4v) is 2.84. The van der Waals surface area contributed by atoms with Gasteiger partial charge in [-0.1, -0.05) is 18.6 Å². The minimum absolute atomic E-state index is 0.0236. The van der Waals surface area contributed by atoms with Crippen LogP contribution in [0.3, 0.4) is 0 Å². The molecule has 16 heavy (non-hydrogen) atoms. The number of nitrogens with two attached hydrogens (primary N) is 1. The number of hydrogen-bond acceptors (Lipinski definition) is 3. The van der Waals surface area contributed by atoms with Crippen molar-refractivity contribution in [2.75, 3.05) is 6.54 Å². The van der Waals surface area contributed by atoms with Crippen molar-refractivity contribution >= 4 is 29.0 Å². The van der Waals surface area contributed by atoms with Gasteiger partial charge in [0.1, 0.15) is 0 Å². The second-order valence-electron chi connectivity index (χ2n) is 4.54. The van der Waals surface area contributed by atoms with E-state index in [0.717, 1.165) is 19.3 Å². The maximum atomic E-state index is 11.9. The molecule has 2 N–H and O–H groups in total. The monoisotopic (exact) mass is 240 g/mol. The van der Waals surface area contributed by atoms with Crippen LogP contribution >= 0.6 is 12.2 Å². The van der Waals surface area contributed by atoms with E-state index in [-0.39, 0.29) is 23.7 Å². The number of rotatable bonds is 4. The van der Waals surface area contributed by atoms with E-state index in [2.05, 4.69) is 0 Å². The van der Waals surface area contributed by atoms with E-state index in [0.29, 0.717) is 24.4 Å². The summed E-state index contributed by atoms with van der Waals surface area (Å²) >= 11 is 4.76. The lowest BCUT2D eigenvalue weighted by Gasteiger charge is -2.15. The van der Waals surface area contributed by atoms with Gasteiger partial charge in [-0.15, -0.1) is 0 Å². The molecule has 4 nitrogen and oxygen atoms in total. The molecule has 0 aromatic carbocycles. The van der Waals surface area contributed by atoms with Gasteiger partial charge >= 0.3 is 0 Å². The molecule has 0 aromatic heterocycles. The molecule has 1 saturated heterocycles. The van der Waals surface area contributed by atoms with E-state index in [1.807, 2.05) is 0 Å². The Kier molecular flexibility index (Phi) is 3.23. The van der Waals surface area contributed by atoms with Crippen LogP contribution in [0.15, 0.2) is 0 Å². The highest BCUT2D eigenvalue weighted by atomic mass is 32.1. The van der Waals surface area contributed by atoms with E-state index in [4.69, 9.17) is 18.0 Å². The predicted octanol–water partition coefficient (Wildman–Crippen LogP) is 0.838. The lowest BCUT2D eigenvalue weighted by molar-refractivity contribution is -0.140. The Balaban J connectivity index is 1.93. The van der Waals surface area contributed by atoms with Crippen molar-refractivity contribution in [3.8, 4) is 0 Å². The van der Waals surface area contributed by atoms with E-state index < -0.39 is 0 Å². The highest BCUT2D eigenvalue weighted by molar-refractivity contribution is 7.80. The molecule has 2 atom stereocenters. The van der Waals surface area contributed by atoms with Crippen molar-refractivity contribution in [1.29, 1.82) is 0 Å². The summed E-state index contributed by atoms with van der Waals surface area (Å²) in [6.45, 7) is 0.474. The van der Waals surface area contributed by atoms with Crippen molar-refractivity contribution in [3.05, 3.63) is 0 Å². The van der Waals surface area contributed by atoms with Crippen molar-refractivity contribution in [2.24, 2.45) is 17.6 Å². The summed E-state index contributed by atoms with van der Waals surface area (Å²) in [4.78, 5) is 25.7. The summed E-state index contributed by atoms with van der Waals surface area (Å²) in [5, 5.41) is 0. The highest BCUT2D eigenvalue weighted by Gasteiger charge is 2.49. The highest BCUT2D eigenvalue weighted by Crippen LogP contribution is 2.39. The van der Waals surface area contributed by atoms with Crippen LogP contribution in [0, 0.1) is 11.8 Å². The molecule has 0 radical (unpaired) electrons. The summed E-state index contributed by atoms with van der Waals surface area (Å²) in [6, 6.07) is 0. The van der Waals surface area contributed by atoms with Gasteiger partial charge in [0, 0.05) is 6.54 Å². The number of amides is 2. The van der Waals surface area contributed by atoms with Gasteiger partial charge in [0.05, 0.1) is 16.8 Å². The minimum atomic E-state index is -0.0303.